The summed E-state index contributed by atoms with van der Waals surface area (Å²) in [7, 11) is 1.90. The number of hydrogen-bond donors (Lipinski definition) is 1. The lowest BCUT2D eigenvalue weighted by molar-refractivity contribution is 0.416. The van der Waals surface area contributed by atoms with Crippen molar-refractivity contribution in [2.45, 2.75) is 24.8 Å². The van der Waals surface area contributed by atoms with Crippen LogP contribution in [0, 0.1) is 0 Å². The van der Waals surface area contributed by atoms with Gasteiger partial charge in [0.05, 0.1) is 0 Å². The molecule has 1 saturated carbocycles. The van der Waals surface area contributed by atoms with Gasteiger partial charge in [-0.3, -0.25) is 0 Å². The second kappa shape index (κ2) is 4.30. The molecule has 1 aliphatic rings. The lowest BCUT2D eigenvalue weighted by Gasteiger charge is -2.11. The van der Waals surface area contributed by atoms with Crippen LogP contribution < -0.4 is 5.32 Å². The van der Waals surface area contributed by atoms with Crippen molar-refractivity contribution in [2.24, 2.45) is 0 Å². The van der Waals surface area contributed by atoms with E-state index < -0.39 is 0 Å². The van der Waals surface area contributed by atoms with Gasteiger partial charge in [0.2, 0.25) is 11.8 Å². The minimum Gasteiger partial charge on any atom is -0.423 e. The zero-order valence-electron chi connectivity index (χ0n) is 9.76. The number of rotatable bonds is 4. The lowest BCUT2D eigenvalue weighted by atomic mass is 10.1. The van der Waals surface area contributed by atoms with Crippen LogP contribution in [0.4, 0.5) is 0 Å². The first-order valence-corrected chi connectivity index (χ1v) is 5.94. The lowest BCUT2D eigenvalue weighted by Crippen LogP contribution is -2.17. The smallest absolute Gasteiger partial charge is 0.237 e. The van der Waals surface area contributed by atoms with E-state index in [2.05, 4.69) is 27.6 Å². The fourth-order valence-electron chi connectivity index (χ4n) is 1.94. The van der Waals surface area contributed by atoms with Gasteiger partial charge in [-0.15, -0.1) is 10.2 Å². The zero-order chi connectivity index (χ0) is 11.7. The van der Waals surface area contributed by atoms with Gasteiger partial charge in [0.15, 0.2) is 0 Å². The maximum atomic E-state index is 5.73. The van der Waals surface area contributed by atoms with Crippen molar-refractivity contribution < 1.29 is 4.42 Å². The summed E-state index contributed by atoms with van der Waals surface area (Å²) in [6, 6.07) is 10.1. The van der Waals surface area contributed by atoms with Crippen LogP contribution in [0.25, 0.3) is 0 Å². The van der Waals surface area contributed by atoms with Gasteiger partial charge in [-0.05, 0) is 25.5 Å². The molecule has 0 saturated heterocycles. The topological polar surface area (TPSA) is 51.0 Å². The minimum absolute atomic E-state index is 0.0174. The monoisotopic (exact) mass is 229 g/mol. The predicted octanol–water partition coefficient (Wildman–Crippen LogP) is 2.26. The van der Waals surface area contributed by atoms with E-state index in [1.165, 1.54) is 12.8 Å². The summed E-state index contributed by atoms with van der Waals surface area (Å²) in [6.45, 7) is 0. The van der Waals surface area contributed by atoms with E-state index in [0.29, 0.717) is 11.8 Å². The molecule has 1 aliphatic carbocycles. The van der Waals surface area contributed by atoms with Crippen LogP contribution in [0.5, 0.6) is 0 Å². The van der Waals surface area contributed by atoms with E-state index in [1.807, 2.05) is 25.2 Å². The molecule has 1 unspecified atom stereocenters. The van der Waals surface area contributed by atoms with E-state index >= 15 is 0 Å². The Labute approximate surface area is 100 Å². The molecular formula is C13H15N3O. The number of benzene rings is 1. The van der Waals surface area contributed by atoms with Gasteiger partial charge >= 0.3 is 0 Å². The summed E-state index contributed by atoms with van der Waals surface area (Å²) in [5.41, 5.74) is 1.14. The standard InChI is InChI=1S/C13H15N3O/c1-14-11(9-5-3-2-4-6-9)13-16-15-12(17-13)10-7-8-10/h2-6,10-11,14H,7-8H2,1H3. The second-order valence-corrected chi connectivity index (χ2v) is 4.39. The molecule has 0 radical (unpaired) electrons. The Morgan fingerprint density at radius 2 is 2.00 bits per heavy atom. The Balaban J connectivity index is 1.88. The summed E-state index contributed by atoms with van der Waals surface area (Å²) >= 11 is 0. The first-order chi connectivity index (χ1) is 8.38. The molecular weight excluding hydrogens is 214 g/mol. The maximum absolute atomic E-state index is 5.73. The van der Waals surface area contributed by atoms with Gasteiger partial charge in [-0.25, -0.2) is 0 Å². The zero-order valence-corrected chi connectivity index (χ0v) is 9.76. The van der Waals surface area contributed by atoms with Crippen molar-refractivity contribution in [1.29, 1.82) is 0 Å². The van der Waals surface area contributed by atoms with Gasteiger partial charge in [0, 0.05) is 5.92 Å². The van der Waals surface area contributed by atoms with E-state index in [0.717, 1.165) is 11.5 Å². The Bertz CT molecular complexity index is 490. The van der Waals surface area contributed by atoms with Crippen molar-refractivity contribution in [3.8, 4) is 0 Å². The average Bonchev–Trinajstić information content (AvgIpc) is 3.12. The van der Waals surface area contributed by atoms with Crippen LogP contribution in [-0.2, 0) is 0 Å². The molecule has 0 aliphatic heterocycles. The molecule has 1 atom stereocenters. The first kappa shape index (κ1) is 10.5. The Kier molecular flexibility index (Phi) is 2.65. The molecule has 4 nitrogen and oxygen atoms in total. The molecule has 17 heavy (non-hydrogen) atoms. The number of aromatic nitrogens is 2. The van der Waals surface area contributed by atoms with Gasteiger partial charge in [-0.1, -0.05) is 30.3 Å². The largest absolute Gasteiger partial charge is 0.423 e. The summed E-state index contributed by atoms with van der Waals surface area (Å²) in [4.78, 5) is 0. The van der Waals surface area contributed by atoms with Crippen LogP contribution in [0.2, 0.25) is 0 Å². The molecule has 3 rings (SSSR count). The van der Waals surface area contributed by atoms with Gasteiger partial charge < -0.3 is 9.73 Å². The van der Waals surface area contributed by atoms with Crippen LogP contribution in [0.1, 0.15) is 42.1 Å². The number of nitrogens with one attached hydrogen (secondary N) is 1. The number of nitrogens with zero attached hydrogens (tertiary/aromatic N) is 2. The van der Waals surface area contributed by atoms with Crippen LogP contribution in [0.3, 0.4) is 0 Å². The molecule has 1 heterocycles. The minimum atomic E-state index is -0.0174. The van der Waals surface area contributed by atoms with Crippen LogP contribution in [-0.4, -0.2) is 17.2 Å². The molecule has 1 aromatic carbocycles. The van der Waals surface area contributed by atoms with Crippen molar-refractivity contribution in [1.82, 2.24) is 15.5 Å². The van der Waals surface area contributed by atoms with E-state index in [1.54, 1.807) is 0 Å². The molecule has 1 N–H and O–H groups in total. The summed E-state index contributed by atoms with van der Waals surface area (Å²) in [6.07, 6.45) is 2.36. The fourth-order valence-corrected chi connectivity index (χ4v) is 1.94. The fraction of sp³-hybridized carbons (Fsp3) is 0.385. The molecule has 1 fully saturated rings. The van der Waals surface area contributed by atoms with Crippen molar-refractivity contribution in [2.75, 3.05) is 7.05 Å². The quantitative estimate of drug-likeness (QED) is 0.873. The third-order valence-corrected chi connectivity index (χ3v) is 3.05. The highest BCUT2D eigenvalue weighted by molar-refractivity contribution is 5.23. The highest BCUT2D eigenvalue weighted by Crippen LogP contribution is 2.39. The number of hydrogen-bond acceptors (Lipinski definition) is 4. The molecule has 2 aromatic rings. The van der Waals surface area contributed by atoms with E-state index in [9.17, 15) is 0 Å². The Hall–Kier alpha value is -1.68. The molecule has 88 valence electrons. The Morgan fingerprint density at radius 1 is 1.24 bits per heavy atom. The van der Waals surface area contributed by atoms with Crippen molar-refractivity contribution in [3.05, 3.63) is 47.7 Å². The molecule has 4 heteroatoms. The normalized spacial score (nSPS) is 17.0. The first-order valence-electron chi connectivity index (χ1n) is 5.94. The van der Waals surface area contributed by atoms with Crippen molar-refractivity contribution in [3.63, 3.8) is 0 Å². The predicted molar refractivity (Wildman–Crippen MR) is 63.6 cm³/mol. The summed E-state index contributed by atoms with van der Waals surface area (Å²) < 4.78 is 5.73. The summed E-state index contributed by atoms with van der Waals surface area (Å²) in [5, 5.41) is 11.5. The highest BCUT2D eigenvalue weighted by Gasteiger charge is 2.30. The van der Waals surface area contributed by atoms with E-state index in [4.69, 9.17) is 4.42 Å². The molecule has 1 aromatic heterocycles. The summed E-state index contributed by atoms with van der Waals surface area (Å²) in [5.74, 6) is 1.95. The van der Waals surface area contributed by atoms with Gasteiger partial charge in [0.25, 0.3) is 0 Å². The van der Waals surface area contributed by atoms with Gasteiger partial charge in [0.1, 0.15) is 6.04 Å². The molecule has 0 spiro atoms. The molecule has 0 bridgehead atoms. The third-order valence-electron chi connectivity index (χ3n) is 3.05. The highest BCUT2D eigenvalue weighted by atomic mass is 16.4. The second-order valence-electron chi connectivity index (χ2n) is 4.39. The Morgan fingerprint density at radius 3 is 2.65 bits per heavy atom. The molecule has 0 amide bonds. The van der Waals surface area contributed by atoms with E-state index in [-0.39, 0.29) is 6.04 Å². The van der Waals surface area contributed by atoms with Crippen molar-refractivity contribution >= 4 is 0 Å². The van der Waals surface area contributed by atoms with Gasteiger partial charge in [-0.2, -0.15) is 0 Å². The SMILES string of the molecule is CNC(c1ccccc1)c1nnc(C2CC2)o1. The third kappa shape index (κ3) is 2.08. The maximum Gasteiger partial charge on any atom is 0.237 e. The van der Waals surface area contributed by atoms with Crippen LogP contribution in [0.15, 0.2) is 34.7 Å². The average molecular weight is 229 g/mol. The van der Waals surface area contributed by atoms with Crippen LogP contribution >= 0.6 is 0 Å².